The summed E-state index contributed by atoms with van der Waals surface area (Å²) in [5.74, 6) is -0.203. The van der Waals surface area contributed by atoms with E-state index in [1.54, 1.807) is 24.3 Å². The van der Waals surface area contributed by atoms with Gasteiger partial charge >= 0.3 is 6.18 Å². The topological polar surface area (TPSA) is 85.3 Å². The standard InChI is InChI=1S/C16H17F3N4O3/c1-26-12-4-2-11(3-5-12)15(25)21-8-7-20-14(24)10-23-9-6-13(22-23)16(17,18)19/h2-6,9H,7-8,10H2,1H3,(H,20,24)(H,21,25). The summed E-state index contributed by atoms with van der Waals surface area (Å²) in [4.78, 5) is 23.6. The van der Waals surface area contributed by atoms with Gasteiger partial charge in [-0.15, -0.1) is 0 Å². The van der Waals surface area contributed by atoms with E-state index in [9.17, 15) is 22.8 Å². The van der Waals surface area contributed by atoms with Crippen molar-refractivity contribution in [1.29, 1.82) is 0 Å². The van der Waals surface area contributed by atoms with Gasteiger partial charge in [-0.3, -0.25) is 14.3 Å². The van der Waals surface area contributed by atoms with E-state index in [-0.39, 0.29) is 25.5 Å². The summed E-state index contributed by atoms with van der Waals surface area (Å²) in [5, 5.41) is 8.39. The average molecular weight is 370 g/mol. The van der Waals surface area contributed by atoms with Gasteiger partial charge in [0.25, 0.3) is 5.91 Å². The van der Waals surface area contributed by atoms with Crippen LogP contribution in [-0.2, 0) is 17.5 Å². The summed E-state index contributed by atoms with van der Waals surface area (Å²) in [7, 11) is 1.52. The molecule has 2 aromatic rings. The number of amides is 2. The fraction of sp³-hybridized carbons (Fsp3) is 0.312. The maximum atomic E-state index is 12.4. The van der Waals surface area contributed by atoms with Crippen molar-refractivity contribution in [2.75, 3.05) is 20.2 Å². The molecule has 2 amide bonds. The van der Waals surface area contributed by atoms with Crippen LogP contribution in [0.2, 0.25) is 0 Å². The second kappa shape index (κ2) is 8.37. The Morgan fingerprint density at radius 3 is 2.35 bits per heavy atom. The van der Waals surface area contributed by atoms with Crippen LogP contribution >= 0.6 is 0 Å². The van der Waals surface area contributed by atoms with Gasteiger partial charge in [-0.2, -0.15) is 18.3 Å². The third-order valence-corrected chi connectivity index (χ3v) is 3.32. The predicted molar refractivity (Wildman–Crippen MR) is 85.6 cm³/mol. The van der Waals surface area contributed by atoms with Gasteiger partial charge in [-0.1, -0.05) is 0 Å². The Morgan fingerprint density at radius 1 is 1.12 bits per heavy atom. The molecular formula is C16H17F3N4O3. The lowest BCUT2D eigenvalue weighted by Crippen LogP contribution is -2.36. The molecule has 0 unspecified atom stereocenters. The molecule has 0 spiro atoms. The second-order valence-electron chi connectivity index (χ2n) is 5.23. The van der Waals surface area contributed by atoms with Gasteiger partial charge in [-0.25, -0.2) is 0 Å². The highest BCUT2D eigenvalue weighted by Gasteiger charge is 2.33. The van der Waals surface area contributed by atoms with Crippen LogP contribution in [-0.4, -0.2) is 41.8 Å². The van der Waals surface area contributed by atoms with Gasteiger partial charge in [0.1, 0.15) is 12.3 Å². The summed E-state index contributed by atoms with van der Waals surface area (Å²) >= 11 is 0. The van der Waals surface area contributed by atoms with Crippen LogP contribution in [0, 0.1) is 0 Å². The Bertz CT molecular complexity index is 757. The number of methoxy groups -OCH3 is 1. The van der Waals surface area contributed by atoms with Crippen molar-refractivity contribution in [2.24, 2.45) is 0 Å². The summed E-state index contributed by atoms with van der Waals surface area (Å²) in [6, 6.07) is 7.29. The van der Waals surface area contributed by atoms with Gasteiger partial charge in [0, 0.05) is 24.8 Å². The van der Waals surface area contributed by atoms with Gasteiger partial charge in [-0.05, 0) is 30.3 Å². The lowest BCUT2D eigenvalue weighted by molar-refractivity contribution is -0.141. The monoisotopic (exact) mass is 370 g/mol. The van der Waals surface area contributed by atoms with Crippen molar-refractivity contribution in [3.8, 4) is 5.75 Å². The van der Waals surface area contributed by atoms with Crippen molar-refractivity contribution >= 4 is 11.8 Å². The molecule has 0 aliphatic carbocycles. The van der Waals surface area contributed by atoms with E-state index in [2.05, 4.69) is 15.7 Å². The molecule has 0 radical (unpaired) electrons. The molecule has 1 aromatic carbocycles. The summed E-state index contributed by atoms with van der Waals surface area (Å²) < 4.78 is 43.2. The van der Waals surface area contributed by atoms with Crippen LogP contribution in [0.25, 0.3) is 0 Å². The van der Waals surface area contributed by atoms with E-state index < -0.39 is 17.8 Å². The van der Waals surface area contributed by atoms with E-state index >= 15 is 0 Å². The first-order valence-electron chi connectivity index (χ1n) is 7.59. The molecule has 0 saturated heterocycles. The number of nitrogens with one attached hydrogen (secondary N) is 2. The number of carbonyl (C=O) groups is 2. The molecule has 2 rings (SSSR count). The number of aromatic nitrogens is 2. The normalized spacial score (nSPS) is 11.1. The van der Waals surface area contributed by atoms with Crippen LogP contribution in [0.5, 0.6) is 5.75 Å². The highest BCUT2D eigenvalue weighted by atomic mass is 19.4. The van der Waals surface area contributed by atoms with E-state index in [1.807, 2.05) is 0 Å². The van der Waals surface area contributed by atoms with Crippen LogP contribution in [0.1, 0.15) is 16.1 Å². The third kappa shape index (κ3) is 5.50. The molecule has 1 heterocycles. The smallest absolute Gasteiger partial charge is 0.435 e. The molecule has 0 saturated carbocycles. The molecule has 0 fully saturated rings. The molecule has 10 heteroatoms. The van der Waals surface area contributed by atoms with Crippen LogP contribution in [0.4, 0.5) is 13.2 Å². The second-order valence-corrected chi connectivity index (χ2v) is 5.23. The van der Waals surface area contributed by atoms with Crippen molar-refractivity contribution < 1.29 is 27.5 Å². The molecule has 0 aliphatic rings. The lowest BCUT2D eigenvalue weighted by atomic mass is 10.2. The Balaban J connectivity index is 1.71. The van der Waals surface area contributed by atoms with E-state index in [4.69, 9.17) is 4.74 Å². The molecule has 140 valence electrons. The number of alkyl halides is 3. The number of hydrogen-bond donors (Lipinski definition) is 2. The summed E-state index contributed by atoms with van der Waals surface area (Å²) in [6.07, 6.45) is -3.47. The minimum absolute atomic E-state index is 0.133. The molecule has 7 nitrogen and oxygen atoms in total. The van der Waals surface area contributed by atoms with E-state index in [0.717, 1.165) is 16.9 Å². The van der Waals surface area contributed by atoms with Crippen molar-refractivity contribution in [1.82, 2.24) is 20.4 Å². The van der Waals surface area contributed by atoms with Crippen molar-refractivity contribution in [2.45, 2.75) is 12.7 Å². The zero-order valence-electron chi connectivity index (χ0n) is 13.8. The van der Waals surface area contributed by atoms with Crippen LogP contribution in [0.3, 0.4) is 0 Å². The molecule has 1 aromatic heterocycles. The minimum Gasteiger partial charge on any atom is -0.497 e. The zero-order valence-corrected chi connectivity index (χ0v) is 13.8. The van der Waals surface area contributed by atoms with Crippen molar-refractivity contribution in [3.05, 3.63) is 47.8 Å². The Hall–Kier alpha value is -3.04. The molecular weight excluding hydrogens is 353 g/mol. The van der Waals surface area contributed by atoms with Gasteiger partial charge < -0.3 is 15.4 Å². The molecule has 2 N–H and O–H groups in total. The quantitative estimate of drug-likeness (QED) is 0.723. The summed E-state index contributed by atoms with van der Waals surface area (Å²) in [6.45, 7) is -0.0415. The maximum Gasteiger partial charge on any atom is 0.435 e. The SMILES string of the molecule is COc1ccc(C(=O)NCCNC(=O)Cn2ccc(C(F)(F)F)n2)cc1. The molecule has 0 bridgehead atoms. The largest absolute Gasteiger partial charge is 0.497 e. The van der Waals surface area contributed by atoms with E-state index in [0.29, 0.717) is 11.3 Å². The fourth-order valence-corrected chi connectivity index (χ4v) is 2.03. The van der Waals surface area contributed by atoms with E-state index in [1.165, 1.54) is 7.11 Å². The first kappa shape index (κ1) is 19.3. The fourth-order valence-electron chi connectivity index (χ4n) is 2.03. The Morgan fingerprint density at radius 2 is 1.77 bits per heavy atom. The number of ether oxygens (including phenoxy) is 1. The number of nitrogens with zero attached hydrogens (tertiary/aromatic N) is 2. The first-order chi connectivity index (χ1) is 12.3. The average Bonchev–Trinajstić information content (AvgIpc) is 3.07. The Kier molecular flexibility index (Phi) is 6.21. The number of rotatable bonds is 7. The highest BCUT2D eigenvalue weighted by molar-refractivity contribution is 5.94. The number of halogens is 3. The number of hydrogen-bond acceptors (Lipinski definition) is 4. The molecule has 26 heavy (non-hydrogen) atoms. The molecule has 0 atom stereocenters. The first-order valence-corrected chi connectivity index (χ1v) is 7.59. The summed E-state index contributed by atoms with van der Waals surface area (Å²) in [5.41, 5.74) is -0.620. The van der Waals surface area contributed by atoms with Gasteiger partial charge in [0.2, 0.25) is 5.91 Å². The minimum atomic E-state index is -4.55. The maximum absolute atomic E-state index is 12.4. The van der Waals surface area contributed by atoms with Gasteiger partial charge in [0.15, 0.2) is 5.69 Å². The lowest BCUT2D eigenvalue weighted by Gasteiger charge is -2.08. The highest BCUT2D eigenvalue weighted by Crippen LogP contribution is 2.27. The predicted octanol–water partition coefficient (Wildman–Crippen LogP) is 1.46. The third-order valence-electron chi connectivity index (χ3n) is 3.32. The van der Waals surface area contributed by atoms with Crippen LogP contribution < -0.4 is 15.4 Å². The number of benzene rings is 1. The number of carbonyl (C=O) groups excluding carboxylic acids is 2. The van der Waals surface area contributed by atoms with Crippen molar-refractivity contribution in [3.63, 3.8) is 0 Å². The van der Waals surface area contributed by atoms with Crippen LogP contribution in [0.15, 0.2) is 36.5 Å². The Labute approximate surface area is 147 Å². The zero-order chi connectivity index (χ0) is 19.2. The molecule has 0 aliphatic heterocycles. The van der Waals surface area contributed by atoms with Gasteiger partial charge in [0.05, 0.1) is 7.11 Å².